The molecule has 0 rings (SSSR count). The molecular formula is C66H118O6. The first kappa shape index (κ1) is 69.1. The number of allylic oxidation sites excluding steroid dienone is 10. The number of hydrogen-bond donors (Lipinski definition) is 0. The average Bonchev–Trinajstić information content (AvgIpc) is 3.38. The molecule has 0 saturated carbocycles. The fourth-order valence-electron chi connectivity index (χ4n) is 9.08. The lowest BCUT2D eigenvalue weighted by Gasteiger charge is -2.18. The second kappa shape index (κ2) is 60.7. The molecule has 0 heterocycles. The molecule has 0 N–H and O–H groups in total. The largest absolute Gasteiger partial charge is 0.462 e. The molecular weight excluding hydrogens is 889 g/mol. The smallest absolute Gasteiger partial charge is 0.306 e. The molecule has 0 spiro atoms. The number of carbonyl (C=O) groups excluding carboxylic acids is 3. The SMILES string of the molecule is CC/C=C\C/C=C\C/C=C\C/C=C\CCCCCCCCCCCCCCCCCCCCC(=O)OCC(COC(=O)CCCCCCCCC)OC(=O)CCCCCCC/C=C\CCCCCCCCC. The molecule has 72 heavy (non-hydrogen) atoms. The predicted molar refractivity (Wildman–Crippen MR) is 312 cm³/mol. The van der Waals surface area contributed by atoms with Crippen LogP contribution >= 0.6 is 0 Å². The molecule has 0 aliphatic heterocycles. The molecule has 1 unspecified atom stereocenters. The van der Waals surface area contributed by atoms with Crippen LogP contribution in [0.15, 0.2) is 60.8 Å². The van der Waals surface area contributed by atoms with Crippen LogP contribution in [0, 0.1) is 0 Å². The second-order valence-corrected chi connectivity index (χ2v) is 20.9. The normalized spacial score (nSPS) is 12.4. The van der Waals surface area contributed by atoms with Gasteiger partial charge in [0.05, 0.1) is 0 Å². The Labute approximate surface area is 447 Å². The Morgan fingerprint density at radius 3 is 0.861 bits per heavy atom. The summed E-state index contributed by atoms with van der Waals surface area (Å²) < 4.78 is 16.8. The molecule has 0 aliphatic rings. The Kier molecular flexibility index (Phi) is 58.2. The van der Waals surface area contributed by atoms with Gasteiger partial charge in [0.15, 0.2) is 6.10 Å². The third-order valence-electron chi connectivity index (χ3n) is 13.8. The quantitative estimate of drug-likeness (QED) is 0.0261. The van der Waals surface area contributed by atoms with E-state index in [1.54, 1.807) is 0 Å². The highest BCUT2D eigenvalue weighted by molar-refractivity contribution is 5.71. The highest BCUT2D eigenvalue weighted by Crippen LogP contribution is 2.17. The van der Waals surface area contributed by atoms with Gasteiger partial charge in [-0.25, -0.2) is 0 Å². The predicted octanol–water partition coefficient (Wildman–Crippen LogP) is 21.2. The Bertz CT molecular complexity index is 1290. The minimum atomic E-state index is -0.773. The number of esters is 3. The number of unbranched alkanes of at least 4 members (excludes halogenated alkanes) is 36. The van der Waals surface area contributed by atoms with E-state index in [4.69, 9.17) is 14.2 Å². The lowest BCUT2D eigenvalue weighted by molar-refractivity contribution is -0.167. The first-order valence-electron chi connectivity index (χ1n) is 31.3. The van der Waals surface area contributed by atoms with Crippen LogP contribution in [0.4, 0.5) is 0 Å². The summed E-state index contributed by atoms with van der Waals surface area (Å²) in [4.78, 5) is 38.0. The van der Waals surface area contributed by atoms with Crippen LogP contribution in [0.1, 0.15) is 323 Å². The monoisotopic (exact) mass is 1010 g/mol. The van der Waals surface area contributed by atoms with Gasteiger partial charge >= 0.3 is 17.9 Å². The van der Waals surface area contributed by atoms with Crippen LogP contribution in [-0.2, 0) is 28.6 Å². The van der Waals surface area contributed by atoms with Crippen molar-refractivity contribution in [1.82, 2.24) is 0 Å². The summed E-state index contributed by atoms with van der Waals surface area (Å²) in [5, 5.41) is 0. The van der Waals surface area contributed by atoms with Crippen LogP contribution in [-0.4, -0.2) is 37.2 Å². The molecule has 0 aromatic rings. The number of hydrogen-bond acceptors (Lipinski definition) is 6. The van der Waals surface area contributed by atoms with Gasteiger partial charge < -0.3 is 14.2 Å². The third-order valence-corrected chi connectivity index (χ3v) is 13.8. The van der Waals surface area contributed by atoms with Gasteiger partial charge in [-0.15, -0.1) is 0 Å². The lowest BCUT2D eigenvalue weighted by atomic mass is 10.0. The van der Waals surface area contributed by atoms with Gasteiger partial charge in [0.2, 0.25) is 0 Å². The van der Waals surface area contributed by atoms with E-state index >= 15 is 0 Å². The van der Waals surface area contributed by atoms with Crippen LogP contribution in [0.2, 0.25) is 0 Å². The van der Waals surface area contributed by atoms with Gasteiger partial charge in [0.1, 0.15) is 13.2 Å². The number of carbonyl (C=O) groups is 3. The lowest BCUT2D eigenvalue weighted by Crippen LogP contribution is -2.30. The molecule has 1 atom stereocenters. The Morgan fingerprint density at radius 2 is 0.542 bits per heavy atom. The van der Waals surface area contributed by atoms with Crippen molar-refractivity contribution >= 4 is 17.9 Å². The highest BCUT2D eigenvalue weighted by atomic mass is 16.6. The maximum absolute atomic E-state index is 12.8. The molecule has 0 aromatic heterocycles. The summed E-state index contributed by atoms with van der Waals surface area (Å²) in [6.45, 7) is 6.51. The molecule has 0 saturated heterocycles. The Balaban J connectivity index is 4.02. The summed E-state index contributed by atoms with van der Waals surface area (Å²) in [5.74, 6) is -0.873. The topological polar surface area (TPSA) is 78.9 Å². The van der Waals surface area contributed by atoms with Gasteiger partial charge in [-0.3, -0.25) is 14.4 Å². The van der Waals surface area contributed by atoms with Crippen molar-refractivity contribution in [2.24, 2.45) is 0 Å². The highest BCUT2D eigenvalue weighted by Gasteiger charge is 2.19. The average molecular weight is 1010 g/mol. The van der Waals surface area contributed by atoms with E-state index in [1.165, 1.54) is 193 Å². The fourth-order valence-corrected chi connectivity index (χ4v) is 9.08. The standard InChI is InChI=1S/C66H118O6/c1-4-7-10-13-16-18-20-22-24-26-27-28-29-30-31-32-33-34-35-36-37-38-39-40-42-43-45-47-50-53-56-59-65(68)71-62-63(61-70-64(67)58-55-52-49-15-12-9-6-3)72-66(69)60-57-54-51-48-46-44-41-25-23-21-19-17-14-11-8-5-2/h7,10,16,18,22,24-25,27-28,41,63H,4-6,8-9,11-15,17,19-21,23,26,29-40,42-62H2,1-3H3/b10-7-,18-16-,24-22-,28-27-,41-25-. The van der Waals surface area contributed by atoms with Crippen LogP contribution in [0.25, 0.3) is 0 Å². The van der Waals surface area contributed by atoms with Crippen molar-refractivity contribution in [3.8, 4) is 0 Å². The Hall–Kier alpha value is -2.89. The third kappa shape index (κ3) is 58.0. The van der Waals surface area contributed by atoms with Crippen molar-refractivity contribution < 1.29 is 28.6 Å². The zero-order valence-corrected chi connectivity index (χ0v) is 47.9. The van der Waals surface area contributed by atoms with E-state index in [0.29, 0.717) is 19.3 Å². The van der Waals surface area contributed by atoms with Crippen molar-refractivity contribution in [1.29, 1.82) is 0 Å². The Morgan fingerprint density at radius 1 is 0.292 bits per heavy atom. The van der Waals surface area contributed by atoms with Crippen LogP contribution in [0.5, 0.6) is 0 Å². The van der Waals surface area contributed by atoms with Gasteiger partial charge in [-0.1, -0.05) is 281 Å². The van der Waals surface area contributed by atoms with Crippen molar-refractivity contribution in [3.05, 3.63) is 60.8 Å². The maximum Gasteiger partial charge on any atom is 0.306 e. The van der Waals surface area contributed by atoms with Gasteiger partial charge in [-0.05, 0) is 83.5 Å². The molecule has 418 valence electrons. The van der Waals surface area contributed by atoms with Crippen molar-refractivity contribution in [3.63, 3.8) is 0 Å². The first-order chi connectivity index (χ1) is 35.5. The summed E-state index contributed by atoms with van der Waals surface area (Å²) in [6.07, 6.45) is 76.9. The van der Waals surface area contributed by atoms with Gasteiger partial charge in [0.25, 0.3) is 0 Å². The van der Waals surface area contributed by atoms with Crippen molar-refractivity contribution in [2.75, 3.05) is 13.2 Å². The minimum absolute atomic E-state index is 0.0730. The van der Waals surface area contributed by atoms with Crippen molar-refractivity contribution in [2.45, 2.75) is 329 Å². The molecule has 6 nitrogen and oxygen atoms in total. The van der Waals surface area contributed by atoms with Crippen LogP contribution < -0.4 is 0 Å². The number of rotatable bonds is 57. The molecule has 0 aromatic carbocycles. The van der Waals surface area contributed by atoms with E-state index in [2.05, 4.69) is 81.5 Å². The van der Waals surface area contributed by atoms with Crippen LogP contribution in [0.3, 0.4) is 0 Å². The van der Waals surface area contributed by atoms with Gasteiger partial charge in [0, 0.05) is 19.3 Å². The second-order valence-electron chi connectivity index (χ2n) is 20.9. The summed E-state index contributed by atoms with van der Waals surface area (Å²) in [7, 11) is 0. The summed E-state index contributed by atoms with van der Waals surface area (Å²) in [6, 6.07) is 0. The zero-order valence-electron chi connectivity index (χ0n) is 47.9. The summed E-state index contributed by atoms with van der Waals surface area (Å²) >= 11 is 0. The fraction of sp³-hybridized carbons (Fsp3) is 0.803. The van der Waals surface area contributed by atoms with E-state index in [0.717, 1.165) is 89.9 Å². The van der Waals surface area contributed by atoms with E-state index in [9.17, 15) is 14.4 Å². The minimum Gasteiger partial charge on any atom is -0.462 e. The van der Waals surface area contributed by atoms with E-state index in [1.807, 2.05) is 0 Å². The van der Waals surface area contributed by atoms with E-state index in [-0.39, 0.29) is 31.1 Å². The zero-order chi connectivity index (χ0) is 52.2. The molecule has 0 fully saturated rings. The molecule has 0 aliphatic carbocycles. The number of ether oxygens (including phenoxy) is 3. The van der Waals surface area contributed by atoms with Gasteiger partial charge in [-0.2, -0.15) is 0 Å². The van der Waals surface area contributed by atoms with E-state index < -0.39 is 6.10 Å². The summed E-state index contributed by atoms with van der Waals surface area (Å²) in [5.41, 5.74) is 0. The first-order valence-corrected chi connectivity index (χ1v) is 31.3. The molecule has 6 heteroatoms. The molecule has 0 radical (unpaired) electrons. The molecule has 0 bridgehead atoms. The maximum atomic E-state index is 12.8. The molecule has 0 amide bonds.